The van der Waals surface area contributed by atoms with Gasteiger partial charge in [-0.25, -0.2) is 8.42 Å². The first-order valence-corrected chi connectivity index (χ1v) is 8.86. The van der Waals surface area contributed by atoms with Crippen molar-refractivity contribution in [2.75, 3.05) is 18.8 Å². The molecule has 1 aromatic carbocycles. The number of nitrogens with one attached hydrogen (secondary N) is 1. The van der Waals surface area contributed by atoms with E-state index in [0.29, 0.717) is 36.1 Å². The highest BCUT2D eigenvalue weighted by molar-refractivity contribution is 9.10. The molecule has 0 aliphatic carbocycles. The molecule has 8 heteroatoms. The molecule has 0 aromatic heterocycles. The number of benzene rings is 1. The molecule has 6 nitrogen and oxygen atoms in total. The normalized spacial score (nSPS) is 17.6. The summed E-state index contributed by atoms with van der Waals surface area (Å²) in [5.74, 6) is -0.0845. The van der Waals surface area contributed by atoms with Crippen molar-refractivity contribution < 1.29 is 13.2 Å². The van der Waals surface area contributed by atoms with Crippen molar-refractivity contribution in [3.05, 3.63) is 22.7 Å². The van der Waals surface area contributed by atoms with Gasteiger partial charge in [0, 0.05) is 36.2 Å². The van der Waals surface area contributed by atoms with Crippen molar-refractivity contribution in [1.82, 2.24) is 9.62 Å². The zero-order valence-electron chi connectivity index (χ0n) is 11.7. The molecule has 1 saturated heterocycles. The van der Waals surface area contributed by atoms with Gasteiger partial charge in [0.05, 0.1) is 4.90 Å². The fourth-order valence-electron chi connectivity index (χ4n) is 2.35. The molecule has 1 fully saturated rings. The number of nitrogens with zero attached hydrogens (tertiary/aromatic N) is 1. The van der Waals surface area contributed by atoms with Crippen LogP contribution in [0.15, 0.2) is 27.6 Å². The molecule has 0 saturated carbocycles. The van der Waals surface area contributed by atoms with E-state index < -0.39 is 10.0 Å². The summed E-state index contributed by atoms with van der Waals surface area (Å²) in [7, 11) is -3.52. The van der Waals surface area contributed by atoms with Crippen LogP contribution in [0, 0.1) is 0 Å². The Morgan fingerprint density at radius 3 is 2.52 bits per heavy atom. The minimum absolute atomic E-state index is 0.0482. The molecule has 3 N–H and O–H groups in total. The molecule has 0 bridgehead atoms. The predicted octanol–water partition coefficient (Wildman–Crippen LogP) is 1.32. The van der Waals surface area contributed by atoms with Crippen LogP contribution >= 0.6 is 15.9 Å². The first kappa shape index (κ1) is 16.3. The summed E-state index contributed by atoms with van der Waals surface area (Å²) < 4.78 is 27.1. The van der Waals surface area contributed by atoms with Crippen molar-refractivity contribution in [3.8, 4) is 0 Å². The number of nitrogen functional groups attached to an aromatic ring is 1. The lowest BCUT2D eigenvalue weighted by Crippen LogP contribution is -2.46. The summed E-state index contributed by atoms with van der Waals surface area (Å²) >= 11 is 3.24. The first-order valence-electron chi connectivity index (χ1n) is 6.63. The van der Waals surface area contributed by atoms with Crippen molar-refractivity contribution >= 4 is 37.5 Å². The lowest BCUT2D eigenvalue weighted by molar-refractivity contribution is -0.119. The van der Waals surface area contributed by atoms with Gasteiger partial charge in [0.1, 0.15) is 0 Å². The van der Waals surface area contributed by atoms with Crippen LogP contribution in [-0.2, 0) is 14.8 Å². The van der Waals surface area contributed by atoms with Crippen LogP contribution in [0.1, 0.15) is 19.8 Å². The topological polar surface area (TPSA) is 92.5 Å². The van der Waals surface area contributed by atoms with E-state index in [1.54, 1.807) is 6.07 Å². The van der Waals surface area contributed by atoms with Gasteiger partial charge >= 0.3 is 0 Å². The van der Waals surface area contributed by atoms with Gasteiger partial charge in [0.2, 0.25) is 15.9 Å². The standard InChI is InChI=1S/C13H18BrN3O3S/c1-9(18)16-10-4-6-17(7-5-10)21(19,20)11-2-3-13(15)12(14)8-11/h2-3,8,10H,4-7,15H2,1H3,(H,16,18). The number of carbonyl (C=O) groups excluding carboxylic acids is 1. The Labute approximate surface area is 132 Å². The number of halogens is 1. The molecule has 0 spiro atoms. The van der Waals surface area contributed by atoms with Crippen LogP contribution in [0.25, 0.3) is 0 Å². The third-order valence-corrected chi connectivity index (χ3v) is 6.05. The van der Waals surface area contributed by atoms with E-state index in [1.165, 1.54) is 23.4 Å². The molecule has 0 unspecified atom stereocenters. The summed E-state index contributed by atoms with van der Waals surface area (Å²) in [6.07, 6.45) is 1.24. The number of sulfonamides is 1. The Morgan fingerprint density at radius 1 is 1.38 bits per heavy atom. The van der Waals surface area contributed by atoms with Crippen LogP contribution in [0.2, 0.25) is 0 Å². The van der Waals surface area contributed by atoms with Gasteiger partial charge < -0.3 is 11.1 Å². The highest BCUT2D eigenvalue weighted by atomic mass is 79.9. The maximum Gasteiger partial charge on any atom is 0.243 e. The third-order valence-electron chi connectivity index (χ3n) is 3.47. The van der Waals surface area contributed by atoms with Gasteiger partial charge in [-0.3, -0.25) is 4.79 Å². The molecule has 116 valence electrons. The fourth-order valence-corrected chi connectivity index (χ4v) is 4.37. The third kappa shape index (κ3) is 3.75. The molecule has 1 aliphatic heterocycles. The number of piperidine rings is 1. The number of carbonyl (C=O) groups is 1. The summed E-state index contributed by atoms with van der Waals surface area (Å²) in [5.41, 5.74) is 6.18. The van der Waals surface area contributed by atoms with Crippen LogP contribution < -0.4 is 11.1 Å². The lowest BCUT2D eigenvalue weighted by Gasteiger charge is -2.31. The molecule has 1 aliphatic rings. The Morgan fingerprint density at radius 2 is 2.00 bits per heavy atom. The van der Waals surface area contributed by atoms with Crippen LogP contribution in [0.5, 0.6) is 0 Å². The molecular formula is C13H18BrN3O3S. The maximum absolute atomic E-state index is 12.6. The minimum Gasteiger partial charge on any atom is -0.398 e. The van der Waals surface area contributed by atoms with Gasteiger partial charge in [0.15, 0.2) is 0 Å². The lowest BCUT2D eigenvalue weighted by atomic mass is 10.1. The Balaban J connectivity index is 2.11. The minimum atomic E-state index is -3.52. The average molecular weight is 376 g/mol. The Kier molecular flexibility index (Phi) is 4.90. The zero-order valence-corrected chi connectivity index (χ0v) is 14.1. The second-order valence-electron chi connectivity index (χ2n) is 5.06. The fraction of sp³-hybridized carbons (Fsp3) is 0.462. The predicted molar refractivity (Wildman–Crippen MR) is 84.2 cm³/mol. The van der Waals surface area contributed by atoms with Crippen molar-refractivity contribution in [2.24, 2.45) is 0 Å². The van der Waals surface area contributed by atoms with Gasteiger partial charge in [-0.2, -0.15) is 4.31 Å². The van der Waals surface area contributed by atoms with Crippen molar-refractivity contribution in [1.29, 1.82) is 0 Å². The summed E-state index contributed by atoms with van der Waals surface area (Å²) in [5, 5.41) is 2.83. The highest BCUT2D eigenvalue weighted by Gasteiger charge is 2.29. The number of hydrogen-bond donors (Lipinski definition) is 2. The molecule has 2 rings (SSSR count). The largest absolute Gasteiger partial charge is 0.398 e. The van der Waals surface area contributed by atoms with E-state index in [1.807, 2.05) is 0 Å². The summed E-state index contributed by atoms with van der Waals surface area (Å²) in [6, 6.07) is 4.65. The van der Waals surface area contributed by atoms with E-state index in [0.717, 1.165) is 0 Å². The molecule has 1 aromatic rings. The average Bonchev–Trinajstić information content (AvgIpc) is 2.41. The number of anilines is 1. The van der Waals surface area contributed by atoms with Crippen LogP contribution in [0.4, 0.5) is 5.69 Å². The van der Waals surface area contributed by atoms with Crippen molar-refractivity contribution in [2.45, 2.75) is 30.7 Å². The molecule has 21 heavy (non-hydrogen) atoms. The van der Waals surface area contributed by atoms with Gasteiger partial charge in [-0.05, 0) is 47.0 Å². The van der Waals surface area contributed by atoms with E-state index in [9.17, 15) is 13.2 Å². The van der Waals surface area contributed by atoms with Gasteiger partial charge in [-0.1, -0.05) is 0 Å². The summed E-state index contributed by atoms with van der Waals surface area (Å²) in [6.45, 7) is 2.26. The molecule has 0 atom stereocenters. The monoisotopic (exact) mass is 375 g/mol. The number of amides is 1. The van der Waals surface area contributed by atoms with Crippen molar-refractivity contribution in [3.63, 3.8) is 0 Å². The van der Waals surface area contributed by atoms with E-state index >= 15 is 0 Å². The second-order valence-corrected chi connectivity index (χ2v) is 7.85. The molecule has 1 heterocycles. The quantitative estimate of drug-likeness (QED) is 0.779. The van der Waals surface area contributed by atoms with E-state index in [2.05, 4.69) is 21.2 Å². The second kappa shape index (κ2) is 6.33. The van der Waals surface area contributed by atoms with E-state index in [4.69, 9.17) is 5.73 Å². The Bertz CT molecular complexity index is 640. The SMILES string of the molecule is CC(=O)NC1CCN(S(=O)(=O)c2ccc(N)c(Br)c2)CC1. The van der Waals surface area contributed by atoms with E-state index in [-0.39, 0.29) is 16.8 Å². The summed E-state index contributed by atoms with van der Waals surface area (Å²) in [4.78, 5) is 11.2. The smallest absolute Gasteiger partial charge is 0.243 e. The number of nitrogens with two attached hydrogens (primary N) is 1. The highest BCUT2D eigenvalue weighted by Crippen LogP contribution is 2.26. The molecule has 1 amide bonds. The van der Waals surface area contributed by atoms with Gasteiger partial charge in [-0.15, -0.1) is 0 Å². The van der Waals surface area contributed by atoms with Gasteiger partial charge in [0.25, 0.3) is 0 Å². The first-order chi connectivity index (χ1) is 9.80. The van der Waals surface area contributed by atoms with Crippen LogP contribution in [0.3, 0.4) is 0 Å². The number of hydrogen-bond acceptors (Lipinski definition) is 4. The molecule has 0 radical (unpaired) electrons. The maximum atomic E-state index is 12.6. The molecular weight excluding hydrogens is 358 g/mol. The zero-order chi connectivity index (χ0) is 15.6. The number of rotatable bonds is 3. The Hall–Kier alpha value is -1.12. The van der Waals surface area contributed by atoms with Crippen LogP contribution in [-0.4, -0.2) is 37.8 Å².